The molecule has 31 heavy (non-hydrogen) atoms. The lowest BCUT2D eigenvalue weighted by Gasteiger charge is -2.34. The molecule has 3 rings (SSSR count). The van der Waals surface area contributed by atoms with Crippen molar-refractivity contribution in [2.75, 3.05) is 38.0 Å². The van der Waals surface area contributed by atoms with E-state index in [2.05, 4.69) is 10.1 Å². The highest BCUT2D eigenvalue weighted by atomic mass is 19.3. The van der Waals surface area contributed by atoms with Crippen molar-refractivity contribution >= 4 is 17.5 Å². The number of carbonyl (C=O) groups excluding carboxylic acids is 2. The quantitative estimate of drug-likeness (QED) is 0.731. The van der Waals surface area contributed by atoms with E-state index in [-0.39, 0.29) is 30.5 Å². The molecule has 0 spiro atoms. The van der Waals surface area contributed by atoms with Crippen LogP contribution in [0.3, 0.4) is 0 Å². The second-order valence-corrected chi connectivity index (χ2v) is 7.65. The second kappa shape index (κ2) is 10.3. The molecule has 2 amide bonds. The van der Waals surface area contributed by atoms with Gasteiger partial charge in [-0.05, 0) is 48.7 Å². The van der Waals surface area contributed by atoms with Gasteiger partial charge in [0.1, 0.15) is 5.75 Å². The third kappa shape index (κ3) is 6.49. The number of hydrogen-bond donors (Lipinski definition) is 1. The number of aryl methyl sites for hydroxylation is 1. The van der Waals surface area contributed by atoms with Crippen molar-refractivity contribution in [1.82, 2.24) is 9.80 Å². The summed E-state index contributed by atoms with van der Waals surface area (Å²) < 4.78 is 28.7. The molecule has 8 heteroatoms. The van der Waals surface area contributed by atoms with Gasteiger partial charge in [0.25, 0.3) is 0 Å². The number of piperazine rings is 1. The van der Waals surface area contributed by atoms with Crippen LogP contribution in [0.4, 0.5) is 14.5 Å². The molecule has 1 saturated heterocycles. The van der Waals surface area contributed by atoms with Crippen LogP contribution in [0.5, 0.6) is 5.75 Å². The summed E-state index contributed by atoms with van der Waals surface area (Å²) in [5.41, 5.74) is 3.74. The third-order valence-corrected chi connectivity index (χ3v) is 5.47. The van der Waals surface area contributed by atoms with Crippen molar-refractivity contribution in [3.05, 3.63) is 59.2 Å². The Labute approximate surface area is 180 Å². The number of benzene rings is 2. The van der Waals surface area contributed by atoms with Crippen LogP contribution in [-0.4, -0.2) is 60.9 Å². The molecule has 2 aromatic rings. The third-order valence-electron chi connectivity index (χ3n) is 5.47. The molecule has 1 aliphatic rings. The number of amides is 2. The average Bonchev–Trinajstić information content (AvgIpc) is 2.73. The normalized spacial score (nSPS) is 14.5. The van der Waals surface area contributed by atoms with Gasteiger partial charge in [0.2, 0.25) is 11.8 Å². The molecule has 1 aliphatic heterocycles. The van der Waals surface area contributed by atoms with Crippen molar-refractivity contribution in [2.24, 2.45) is 0 Å². The molecule has 0 bridgehead atoms. The van der Waals surface area contributed by atoms with Crippen LogP contribution < -0.4 is 10.1 Å². The fraction of sp³-hybridized carbons (Fsp3) is 0.391. The van der Waals surface area contributed by atoms with Crippen molar-refractivity contribution in [2.45, 2.75) is 26.9 Å². The summed E-state index contributed by atoms with van der Waals surface area (Å²) in [6.07, 6.45) is 0.197. The summed E-state index contributed by atoms with van der Waals surface area (Å²) in [4.78, 5) is 28.7. The number of nitrogens with one attached hydrogen (secondary N) is 1. The van der Waals surface area contributed by atoms with E-state index in [1.165, 1.54) is 12.1 Å². The van der Waals surface area contributed by atoms with E-state index < -0.39 is 6.61 Å². The molecule has 1 N–H and O–H groups in total. The van der Waals surface area contributed by atoms with Crippen molar-refractivity contribution < 1.29 is 23.1 Å². The maximum atomic E-state index is 12.5. The van der Waals surface area contributed by atoms with Gasteiger partial charge in [0, 0.05) is 31.9 Å². The van der Waals surface area contributed by atoms with Crippen LogP contribution in [0.2, 0.25) is 0 Å². The topological polar surface area (TPSA) is 61.9 Å². The van der Waals surface area contributed by atoms with Gasteiger partial charge < -0.3 is 15.0 Å². The number of rotatable bonds is 7. The Bertz CT molecular complexity index is 911. The number of halogens is 2. The largest absolute Gasteiger partial charge is 0.435 e. The first-order valence-corrected chi connectivity index (χ1v) is 10.2. The smallest absolute Gasteiger partial charge is 0.387 e. The molecule has 0 radical (unpaired) electrons. The molecular weight excluding hydrogens is 404 g/mol. The fourth-order valence-corrected chi connectivity index (χ4v) is 3.51. The van der Waals surface area contributed by atoms with Gasteiger partial charge in [0.05, 0.1) is 13.0 Å². The molecule has 1 heterocycles. The van der Waals surface area contributed by atoms with Gasteiger partial charge in [0.15, 0.2) is 0 Å². The number of anilines is 1. The standard InChI is InChI=1S/C23H27F2N3O3/c1-16-4-3-5-20(17(16)2)26-21(29)15-27-10-12-28(13-11-27)22(30)14-18-6-8-19(9-7-18)31-23(24)25/h3-9,23H,10-15H2,1-2H3,(H,26,29). The highest BCUT2D eigenvalue weighted by Crippen LogP contribution is 2.18. The Morgan fingerprint density at radius 1 is 1.03 bits per heavy atom. The average molecular weight is 431 g/mol. The van der Waals surface area contributed by atoms with Crippen molar-refractivity contribution in [3.63, 3.8) is 0 Å². The first-order chi connectivity index (χ1) is 14.8. The predicted molar refractivity (Wildman–Crippen MR) is 114 cm³/mol. The minimum Gasteiger partial charge on any atom is -0.435 e. The van der Waals surface area contributed by atoms with Gasteiger partial charge in [-0.2, -0.15) is 8.78 Å². The molecule has 2 aromatic carbocycles. The number of ether oxygens (including phenoxy) is 1. The zero-order valence-electron chi connectivity index (χ0n) is 17.7. The van der Waals surface area contributed by atoms with E-state index in [1.807, 2.05) is 36.9 Å². The SMILES string of the molecule is Cc1cccc(NC(=O)CN2CCN(C(=O)Cc3ccc(OC(F)F)cc3)CC2)c1C. The molecule has 1 fully saturated rings. The van der Waals surface area contributed by atoms with Gasteiger partial charge in [-0.1, -0.05) is 24.3 Å². The van der Waals surface area contributed by atoms with Crippen LogP contribution in [0.1, 0.15) is 16.7 Å². The number of alkyl halides is 2. The fourth-order valence-electron chi connectivity index (χ4n) is 3.51. The molecule has 0 aliphatic carbocycles. The Hall–Kier alpha value is -3.00. The van der Waals surface area contributed by atoms with Crippen molar-refractivity contribution in [1.29, 1.82) is 0 Å². The monoisotopic (exact) mass is 431 g/mol. The van der Waals surface area contributed by atoms with E-state index in [1.54, 1.807) is 17.0 Å². The summed E-state index contributed by atoms with van der Waals surface area (Å²) >= 11 is 0. The summed E-state index contributed by atoms with van der Waals surface area (Å²) in [6, 6.07) is 11.9. The summed E-state index contributed by atoms with van der Waals surface area (Å²) in [6.45, 7) is 3.72. The minimum atomic E-state index is -2.87. The number of hydrogen-bond acceptors (Lipinski definition) is 4. The van der Waals surface area contributed by atoms with Crippen LogP contribution in [0.25, 0.3) is 0 Å². The Kier molecular flexibility index (Phi) is 7.57. The molecule has 0 atom stereocenters. The van der Waals surface area contributed by atoms with Gasteiger partial charge >= 0.3 is 6.61 Å². The van der Waals surface area contributed by atoms with E-state index in [9.17, 15) is 18.4 Å². The Morgan fingerprint density at radius 3 is 2.35 bits per heavy atom. The molecule has 0 unspecified atom stereocenters. The van der Waals surface area contributed by atoms with Gasteiger partial charge in [-0.3, -0.25) is 14.5 Å². The highest BCUT2D eigenvalue weighted by Gasteiger charge is 2.22. The predicted octanol–water partition coefficient (Wildman–Crippen LogP) is 3.23. The van der Waals surface area contributed by atoms with E-state index in [0.29, 0.717) is 26.2 Å². The molecular formula is C23H27F2N3O3. The zero-order valence-corrected chi connectivity index (χ0v) is 17.7. The lowest BCUT2D eigenvalue weighted by Crippen LogP contribution is -2.50. The highest BCUT2D eigenvalue weighted by molar-refractivity contribution is 5.93. The van der Waals surface area contributed by atoms with E-state index in [4.69, 9.17) is 0 Å². The van der Waals surface area contributed by atoms with Crippen molar-refractivity contribution in [3.8, 4) is 5.75 Å². The molecule has 0 saturated carbocycles. The summed E-state index contributed by atoms with van der Waals surface area (Å²) in [5, 5.41) is 2.96. The Balaban J connectivity index is 1.44. The minimum absolute atomic E-state index is 0.0259. The van der Waals surface area contributed by atoms with E-state index >= 15 is 0 Å². The maximum absolute atomic E-state index is 12.5. The summed E-state index contributed by atoms with van der Waals surface area (Å²) in [7, 11) is 0. The van der Waals surface area contributed by atoms with Crippen LogP contribution in [-0.2, 0) is 16.0 Å². The molecule has 6 nitrogen and oxygen atoms in total. The molecule has 166 valence electrons. The van der Waals surface area contributed by atoms with Crippen LogP contribution in [0.15, 0.2) is 42.5 Å². The Morgan fingerprint density at radius 2 is 1.71 bits per heavy atom. The van der Waals surface area contributed by atoms with E-state index in [0.717, 1.165) is 22.4 Å². The molecule has 0 aromatic heterocycles. The first-order valence-electron chi connectivity index (χ1n) is 10.2. The first kappa shape index (κ1) is 22.7. The number of nitrogens with zero attached hydrogens (tertiary/aromatic N) is 2. The lowest BCUT2D eigenvalue weighted by molar-refractivity contribution is -0.132. The second-order valence-electron chi connectivity index (χ2n) is 7.65. The van der Waals surface area contributed by atoms with Gasteiger partial charge in [-0.15, -0.1) is 0 Å². The van der Waals surface area contributed by atoms with Gasteiger partial charge in [-0.25, -0.2) is 0 Å². The number of carbonyl (C=O) groups is 2. The summed E-state index contributed by atoms with van der Waals surface area (Å²) in [5.74, 6) is -0.0273. The van der Waals surface area contributed by atoms with Crippen LogP contribution in [0, 0.1) is 13.8 Å². The lowest BCUT2D eigenvalue weighted by atomic mass is 10.1. The van der Waals surface area contributed by atoms with Crippen LogP contribution >= 0.6 is 0 Å². The zero-order chi connectivity index (χ0) is 22.4. The maximum Gasteiger partial charge on any atom is 0.387 e.